The molecule has 32 heavy (non-hydrogen) atoms. The number of carbonyl (C=O) groups is 1. The van der Waals surface area contributed by atoms with E-state index in [4.69, 9.17) is 4.98 Å². The van der Waals surface area contributed by atoms with Gasteiger partial charge in [-0.2, -0.15) is 0 Å². The molecule has 2 aromatic carbocycles. The van der Waals surface area contributed by atoms with Crippen LogP contribution in [0, 0.1) is 0 Å². The lowest BCUT2D eigenvalue weighted by Crippen LogP contribution is -2.25. The zero-order chi connectivity index (χ0) is 21.8. The highest BCUT2D eigenvalue weighted by atomic mass is 16.1. The number of nitrogens with one attached hydrogen (secondary N) is 1. The first-order valence-electron chi connectivity index (χ1n) is 11.2. The van der Waals surface area contributed by atoms with Crippen LogP contribution in [0.5, 0.6) is 0 Å². The highest BCUT2D eigenvalue weighted by Crippen LogP contribution is 2.25. The Morgan fingerprint density at radius 1 is 0.906 bits per heavy atom. The second kappa shape index (κ2) is 9.28. The average Bonchev–Trinajstić information content (AvgIpc) is 3.36. The normalized spacial score (nSPS) is 14.0. The molecule has 5 rings (SSSR count). The minimum atomic E-state index is -0.0881. The molecule has 160 valence electrons. The first kappa shape index (κ1) is 20.3. The molecule has 1 aliphatic rings. The molecule has 0 atom stereocenters. The van der Waals surface area contributed by atoms with E-state index in [-0.39, 0.29) is 5.91 Å². The van der Waals surface area contributed by atoms with Gasteiger partial charge in [0.25, 0.3) is 5.91 Å². The summed E-state index contributed by atoms with van der Waals surface area (Å²) >= 11 is 0. The summed E-state index contributed by atoms with van der Waals surface area (Å²) in [6.45, 7) is 3.75. The van der Waals surface area contributed by atoms with Gasteiger partial charge in [-0.15, -0.1) is 0 Å². The number of hydrogen-bond acceptors (Lipinski definition) is 4. The van der Waals surface area contributed by atoms with Crippen LogP contribution in [0.15, 0.2) is 79.1 Å². The molecule has 0 spiro atoms. The Morgan fingerprint density at radius 3 is 2.44 bits per heavy atom. The van der Waals surface area contributed by atoms with E-state index in [1.54, 1.807) is 12.4 Å². The van der Waals surface area contributed by atoms with E-state index in [1.165, 1.54) is 24.0 Å². The highest BCUT2D eigenvalue weighted by Gasteiger charge is 2.16. The van der Waals surface area contributed by atoms with Gasteiger partial charge in [0.2, 0.25) is 0 Å². The van der Waals surface area contributed by atoms with E-state index in [1.807, 2.05) is 48.5 Å². The van der Waals surface area contributed by atoms with E-state index in [2.05, 4.69) is 33.4 Å². The number of benzene rings is 2. The summed E-state index contributed by atoms with van der Waals surface area (Å²) in [7, 11) is 0. The third-order valence-electron chi connectivity index (χ3n) is 6.09. The second-order valence-electron chi connectivity index (χ2n) is 8.24. The van der Waals surface area contributed by atoms with Gasteiger partial charge in [-0.3, -0.25) is 14.7 Å². The maximum absolute atomic E-state index is 13.3. The lowest BCUT2D eigenvalue weighted by molar-refractivity contribution is 0.0952. The Morgan fingerprint density at radius 2 is 1.62 bits per heavy atom. The van der Waals surface area contributed by atoms with Crippen molar-refractivity contribution in [3.63, 3.8) is 0 Å². The fourth-order valence-electron chi connectivity index (χ4n) is 4.37. The van der Waals surface area contributed by atoms with E-state index < -0.39 is 0 Å². The number of carbonyl (C=O) groups excluding carboxylic acids is 1. The molecule has 0 bridgehead atoms. The van der Waals surface area contributed by atoms with Gasteiger partial charge in [0.1, 0.15) is 0 Å². The van der Waals surface area contributed by atoms with Crippen LogP contribution in [-0.4, -0.2) is 33.9 Å². The van der Waals surface area contributed by atoms with Crippen molar-refractivity contribution in [3.05, 3.63) is 95.8 Å². The van der Waals surface area contributed by atoms with E-state index in [9.17, 15) is 4.79 Å². The number of nitrogens with zero attached hydrogens (tertiary/aromatic N) is 3. The monoisotopic (exact) mass is 422 g/mol. The van der Waals surface area contributed by atoms with Crippen molar-refractivity contribution in [2.45, 2.75) is 25.9 Å². The topological polar surface area (TPSA) is 58.1 Å². The Balaban J connectivity index is 1.41. The summed E-state index contributed by atoms with van der Waals surface area (Å²) < 4.78 is 0. The number of hydrogen-bond donors (Lipinski definition) is 1. The summed E-state index contributed by atoms with van der Waals surface area (Å²) in [5.41, 5.74) is 5.61. The van der Waals surface area contributed by atoms with Crippen LogP contribution in [0.2, 0.25) is 0 Å². The Labute approximate surface area is 188 Å². The Hall–Kier alpha value is -3.57. The molecule has 5 heteroatoms. The number of pyridine rings is 2. The first-order valence-corrected chi connectivity index (χ1v) is 11.2. The summed E-state index contributed by atoms with van der Waals surface area (Å²) in [4.78, 5) is 24.6. The second-order valence-corrected chi connectivity index (χ2v) is 8.24. The molecule has 0 unspecified atom stereocenters. The number of fused-ring (bicyclic) bond motifs is 1. The third-order valence-corrected chi connectivity index (χ3v) is 6.09. The molecule has 4 aromatic rings. The molecular weight excluding hydrogens is 396 g/mol. The van der Waals surface area contributed by atoms with Gasteiger partial charge in [-0.1, -0.05) is 42.5 Å². The number of amides is 1. The first-order chi connectivity index (χ1) is 15.8. The number of aromatic nitrogens is 2. The largest absolute Gasteiger partial charge is 0.348 e. The molecule has 5 nitrogen and oxygen atoms in total. The number of para-hydroxylation sites is 1. The van der Waals surface area contributed by atoms with Crippen LogP contribution in [0.25, 0.3) is 22.2 Å². The van der Waals surface area contributed by atoms with Gasteiger partial charge in [0.15, 0.2) is 0 Å². The van der Waals surface area contributed by atoms with Crippen molar-refractivity contribution >= 4 is 16.8 Å². The predicted octanol–water partition coefficient (Wildman–Crippen LogP) is 4.82. The van der Waals surface area contributed by atoms with E-state index >= 15 is 0 Å². The predicted molar refractivity (Wildman–Crippen MR) is 127 cm³/mol. The summed E-state index contributed by atoms with van der Waals surface area (Å²) in [6, 6.07) is 21.9. The molecule has 1 fully saturated rings. The van der Waals surface area contributed by atoms with Crippen molar-refractivity contribution < 1.29 is 4.79 Å². The van der Waals surface area contributed by atoms with Crippen molar-refractivity contribution in [1.82, 2.24) is 20.2 Å². The minimum absolute atomic E-state index is 0.0881. The molecule has 2 aromatic heterocycles. The van der Waals surface area contributed by atoms with Crippen LogP contribution in [-0.2, 0) is 13.1 Å². The van der Waals surface area contributed by atoms with Crippen LogP contribution >= 0.6 is 0 Å². The molecule has 1 saturated heterocycles. The maximum atomic E-state index is 13.3. The van der Waals surface area contributed by atoms with Gasteiger partial charge in [0, 0.05) is 36.4 Å². The maximum Gasteiger partial charge on any atom is 0.252 e. The molecule has 3 heterocycles. The Bertz CT molecular complexity index is 1230. The van der Waals surface area contributed by atoms with E-state index in [0.717, 1.165) is 41.8 Å². The van der Waals surface area contributed by atoms with Crippen LogP contribution < -0.4 is 5.32 Å². The Kier molecular flexibility index (Phi) is 5.90. The summed E-state index contributed by atoms with van der Waals surface area (Å²) in [5, 5.41) is 4.01. The van der Waals surface area contributed by atoms with Crippen LogP contribution in [0.4, 0.5) is 0 Å². The molecule has 0 radical (unpaired) electrons. The third kappa shape index (κ3) is 4.39. The van der Waals surface area contributed by atoms with Crippen LogP contribution in [0.1, 0.15) is 34.3 Å². The molecule has 1 amide bonds. The lowest BCUT2D eigenvalue weighted by Gasteiger charge is -2.18. The van der Waals surface area contributed by atoms with Crippen molar-refractivity contribution in [1.29, 1.82) is 0 Å². The fraction of sp³-hybridized carbons (Fsp3) is 0.222. The minimum Gasteiger partial charge on any atom is -0.348 e. The number of rotatable bonds is 6. The highest BCUT2D eigenvalue weighted by molar-refractivity contribution is 6.07. The van der Waals surface area contributed by atoms with Gasteiger partial charge < -0.3 is 5.32 Å². The standard InChI is InChI=1S/C27H26N4O/c32-27(29-18-21-7-1-2-8-22(21)19-31-15-5-6-16-31)24-17-26(20-11-13-28-14-12-20)30-25-10-4-3-9-23(24)25/h1-4,7-14,17H,5-6,15-16,18-19H2,(H,29,32). The number of likely N-dealkylation sites (tertiary alicyclic amines) is 1. The molecule has 1 aliphatic heterocycles. The molecule has 0 saturated carbocycles. The van der Waals surface area contributed by atoms with Gasteiger partial charge >= 0.3 is 0 Å². The van der Waals surface area contributed by atoms with Crippen molar-refractivity contribution in [3.8, 4) is 11.3 Å². The van der Waals surface area contributed by atoms with Gasteiger partial charge in [-0.05, 0) is 61.3 Å². The zero-order valence-electron chi connectivity index (χ0n) is 18.0. The quantitative estimate of drug-likeness (QED) is 0.484. The van der Waals surface area contributed by atoms with Crippen molar-refractivity contribution in [2.75, 3.05) is 13.1 Å². The lowest BCUT2D eigenvalue weighted by atomic mass is 10.0. The molecule has 0 aliphatic carbocycles. The van der Waals surface area contributed by atoms with Crippen LogP contribution in [0.3, 0.4) is 0 Å². The smallest absolute Gasteiger partial charge is 0.252 e. The zero-order valence-corrected chi connectivity index (χ0v) is 18.0. The van der Waals surface area contributed by atoms with Crippen molar-refractivity contribution in [2.24, 2.45) is 0 Å². The molecule has 1 N–H and O–H groups in total. The molecular formula is C27H26N4O. The average molecular weight is 423 g/mol. The summed E-state index contributed by atoms with van der Waals surface area (Å²) in [6.07, 6.45) is 6.02. The fourth-order valence-corrected chi connectivity index (χ4v) is 4.37. The van der Waals surface area contributed by atoms with Gasteiger partial charge in [-0.25, -0.2) is 4.98 Å². The summed E-state index contributed by atoms with van der Waals surface area (Å²) in [5.74, 6) is -0.0881. The van der Waals surface area contributed by atoms with E-state index in [0.29, 0.717) is 12.1 Å². The SMILES string of the molecule is O=C(NCc1ccccc1CN1CCCC1)c1cc(-c2ccncc2)nc2ccccc12. The van der Waals surface area contributed by atoms with Gasteiger partial charge in [0.05, 0.1) is 16.8 Å².